The fourth-order valence-corrected chi connectivity index (χ4v) is 10.4. The molecule has 0 aliphatic carbocycles. The average molecular weight is 924 g/mol. The maximum atomic E-state index is 14.6. The van der Waals surface area contributed by atoms with Crippen LogP contribution >= 0.6 is 11.3 Å². The second kappa shape index (κ2) is 20.5. The van der Waals surface area contributed by atoms with Gasteiger partial charge in [0.1, 0.15) is 18.1 Å². The molecule has 0 radical (unpaired) electrons. The van der Waals surface area contributed by atoms with Crippen LogP contribution in [0.3, 0.4) is 0 Å². The van der Waals surface area contributed by atoms with Gasteiger partial charge in [0.15, 0.2) is 0 Å². The number of thiazole rings is 1. The Balaban J connectivity index is 1.25. The van der Waals surface area contributed by atoms with Crippen molar-refractivity contribution in [1.82, 2.24) is 45.0 Å². The molecule has 6 heterocycles. The molecule has 7 rings (SSSR count). The predicted molar refractivity (Wildman–Crippen MR) is 254 cm³/mol. The highest BCUT2D eigenvalue weighted by atomic mass is 32.1. The van der Waals surface area contributed by atoms with Gasteiger partial charge in [0.05, 0.1) is 34.8 Å². The monoisotopic (exact) mass is 923 g/mol. The molecule has 5 amide bonds. The normalized spacial score (nSPS) is 20.3. The van der Waals surface area contributed by atoms with E-state index in [-0.39, 0.29) is 37.0 Å². The molecule has 0 saturated carbocycles. The zero-order chi connectivity index (χ0) is 47.4. The van der Waals surface area contributed by atoms with E-state index in [1.54, 1.807) is 30.2 Å². The zero-order valence-corrected chi connectivity index (χ0v) is 40.4. The van der Waals surface area contributed by atoms with Crippen molar-refractivity contribution < 1.29 is 33.4 Å². The maximum Gasteiger partial charge on any atom is 0.324 e. The number of benzene rings is 1. The Kier molecular flexibility index (Phi) is 15.0. The number of pyridine rings is 1. The molecule has 3 aromatic heterocycles. The number of likely N-dealkylation sites (N-methyl/N-ethyl adjacent to an activating group) is 1. The number of hydrogen-bond acceptors (Lipinski definition) is 11. The Morgan fingerprint density at radius 2 is 1.85 bits per heavy atom. The van der Waals surface area contributed by atoms with E-state index >= 15 is 0 Å². The number of carbonyl (C=O) groups excluding carboxylic acids is 5. The molecular formula is C49H65N9O7S. The fourth-order valence-electron chi connectivity index (χ4n) is 9.55. The van der Waals surface area contributed by atoms with Crippen molar-refractivity contribution in [2.45, 2.75) is 104 Å². The number of aromatic nitrogens is 3. The van der Waals surface area contributed by atoms with Gasteiger partial charge in [-0.3, -0.25) is 29.2 Å². The van der Waals surface area contributed by atoms with Gasteiger partial charge >= 0.3 is 12.0 Å². The van der Waals surface area contributed by atoms with Crippen molar-refractivity contribution in [2.24, 2.45) is 11.3 Å². The molecule has 6 bridgehead atoms. The van der Waals surface area contributed by atoms with E-state index in [0.29, 0.717) is 70.0 Å². The summed E-state index contributed by atoms with van der Waals surface area (Å²) in [6.07, 6.45) is 5.04. The van der Waals surface area contributed by atoms with Crippen LogP contribution in [0, 0.1) is 11.3 Å². The van der Waals surface area contributed by atoms with Crippen LogP contribution in [0.5, 0.6) is 0 Å². The Bertz CT molecular complexity index is 2460. The van der Waals surface area contributed by atoms with Crippen molar-refractivity contribution in [3.8, 4) is 22.5 Å². The number of urea groups is 1. The topological polar surface area (TPSA) is 172 Å². The number of nitrogens with zero attached hydrogens (tertiary/aromatic N) is 7. The summed E-state index contributed by atoms with van der Waals surface area (Å²) in [5.74, 6) is -1.88. The van der Waals surface area contributed by atoms with Crippen LogP contribution in [-0.2, 0) is 48.0 Å². The molecule has 0 spiro atoms. The average Bonchev–Trinajstić information content (AvgIpc) is 3.80. The lowest BCUT2D eigenvalue weighted by Gasteiger charge is -2.37. The van der Waals surface area contributed by atoms with E-state index in [4.69, 9.17) is 19.4 Å². The molecule has 2 saturated heterocycles. The van der Waals surface area contributed by atoms with Gasteiger partial charge in [-0.2, -0.15) is 0 Å². The molecule has 1 unspecified atom stereocenters. The number of nitrogens with one attached hydrogen (secondary N) is 2. The van der Waals surface area contributed by atoms with Crippen LogP contribution in [0.2, 0.25) is 0 Å². The van der Waals surface area contributed by atoms with Gasteiger partial charge in [-0.15, -0.1) is 11.3 Å². The van der Waals surface area contributed by atoms with Gasteiger partial charge in [-0.05, 0) is 81.4 Å². The first-order valence-electron chi connectivity index (χ1n) is 23.1. The summed E-state index contributed by atoms with van der Waals surface area (Å²) >= 11 is 1.41. The van der Waals surface area contributed by atoms with Gasteiger partial charge in [-0.1, -0.05) is 40.3 Å². The van der Waals surface area contributed by atoms with Crippen molar-refractivity contribution in [1.29, 1.82) is 0 Å². The molecule has 3 aliphatic rings. The third-order valence-electron chi connectivity index (χ3n) is 13.0. The number of amides is 5. The standard InChI is InChI=1S/C49H65N9O7S/c1-10-41(59)55-20-14-21-56(24-23-55)48(63)54(8)43(30(3)4)45(60)52-37-26-40-51-38(28-66-40)32-17-18-39-34(25-32)35(44(57(39)11-2)33-15-12-19-50-42(33)31(5)64-9)27-49(6,7)29-65-47(62)36-16-13-22-58(53-36)46(37)61/h10,12,15,17-19,25,28,30-31,36-37,43,53H,1,11,13-14,16,20-24,26-27,29H2,2-9H3,(H,52,60)/t31-,36-,37-,43?/m0/s1. The lowest BCUT2D eigenvalue weighted by Crippen LogP contribution is -2.62. The number of rotatable bonds is 9. The Labute approximate surface area is 391 Å². The van der Waals surface area contributed by atoms with Gasteiger partial charge in [0.25, 0.3) is 5.91 Å². The number of ether oxygens (including phenoxy) is 2. The highest BCUT2D eigenvalue weighted by molar-refractivity contribution is 7.10. The second-order valence-electron chi connectivity index (χ2n) is 18.7. The minimum Gasteiger partial charge on any atom is -0.464 e. The minimum atomic E-state index is -1.09. The molecule has 3 aliphatic heterocycles. The largest absolute Gasteiger partial charge is 0.464 e. The molecule has 4 atom stereocenters. The summed E-state index contributed by atoms with van der Waals surface area (Å²) in [5, 5.41) is 8.10. The molecule has 17 heteroatoms. The molecular weight excluding hydrogens is 859 g/mol. The van der Waals surface area contributed by atoms with Crippen molar-refractivity contribution >= 4 is 52.0 Å². The Morgan fingerprint density at radius 3 is 2.58 bits per heavy atom. The lowest BCUT2D eigenvalue weighted by molar-refractivity contribution is -0.155. The summed E-state index contributed by atoms with van der Waals surface area (Å²) in [5.41, 5.74) is 9.26. The highest BCUT2D eigenvalue weighted by Crippen LogP contribution is 2.42. The van der Waals surface area contributed by atoms with Gasteiger partial charge in [0, 0.05) is 98.9 Å². The van der Waals surface area contributed by atoms with Crippen LogP contribution < -0.4 is 10.7 Å². The molecule has 2 N–H and O–H groups in total. The second-order valence-corrected chi connectivity index (χ2v) is 19.7. The van der Waals surface area contributed by atoms with Crippen LogP contribution in [0.4, 0.5) is 4.79 Å². The Morgan fingerprint density at radius 1 is 1.09 bits per heavy atom. The molecule has 16 nitrogen and oxygen atoms in total. The van der Waals surface area contributed by atoms with E-state index in [9.17, 15) is 24.0 Å². The summed E-state index contributed by atoms with van der Waals surface area (Å²) in [6.45, 7) is 18.3. The first-order valence-corrected chi connectivity index (χ1v) is 24.0. The maximum absolute atomic E-state index is 14.6. The summed E-state index contributed by atoms with van der Waals surface area (Å²) < 4.78 is 14.2. The summed E-state index contributed by atoms with van der Waals surface area (Å²) in [6, 6.07) is 7.26. The van der Waals surface area contributed by atoms with E-state index in [1.807, 2.05) is 32.2 Å². The number of methoxy groups -OCH3 is 1. The quantitative estimate of drug-likeness (QED) is 0.150. The third-order valence-corrected chi connectivity index (χ3v) is 13.9. The molecule has 66 heavy (non-hydrogen) atoms. The SMILES string of the molecule is C=CC(=O)N1CCCN(C(=O)N(C)C(C(=O)N[C@H]2Cc3nc(cs3)-c3ccc4c(c3)c(c(-c3cccnc3[C@H](C)OC)n4CC)CC(C)(C)COC(=O)[C@@H]3CCCN(N3)C2=O)C(C)C)CC1. The molecule has 4 aromatic rings. The van der Waals surface area contributed by atoms with Crippen LogP contribution in [0.1, 0.15) is 83.2 Å². The van der Waals surface area contributed by atoms with Gasteiger partial charge in [-0.25, -0.2) is 15.2 Å². The van der Waals surface area contributed by atoms with Crippen LogP contribution in [-0.4, -0.2) is 136 Å². The first kappa shape index (κ1) is 48.3. The summed E-state index contributed by atoms with van der Waals surface area (Å²) in [4.78, 5) is 84.0. The van der Waals surface area contributed by atoms with E-state index in [1.165, 1.54) is 27.3 Å². The van der Waals surface area contributed by atoms with Gasteiger partial charge < -0.3 is 34.1 Å². The fraction of sp³-hybridized carbons (Fsp3) is 0.531. The third kappa shape index (κ3) is 10.2. The van der Waals surface area contributed by atoms with Crippen LogP contribution in [0.15, 0.2) is 54.6 Å². The number of hydrogen-bond donors (Lipinski definition) is 2. The first-order chi connectivity index (χ1) is 31.5. The number of hydrazine groups is 1. The van der Waals surface area contributed by atoms with Crippen molar-refractivity contribution in [3.05, 3.63) is 70.8 Å². The lowest BCUT2D eigenvalue weighted by atomic mass is 9.84. The Hall–Kier alpha value is -5.65. The van der Waals surface area contributed by atoms with E-state index in [0.717, 1.165) is 44.7 Å². The predicted octanol–water partition coefficient (Wildman–Crippen LogP) is 6.00. The number of carbonyl (C=O) groups is 5. The molecule has 1 aromatic carbocycles. The van der Waals surface area contributed by atoms with E-state index < -0.39 is 41.3 Å². The van der Waals surface area contributed by atoms with Crippen molar-refractivity contribution in [3.63, 3.8) is 0 Å². The van der Waals surface area contributed by atoms with Crippen molar-refractivity contribution in [2.75, 3.05) is 53.5 Å². The number of fused-ring (bicyclic) bond motifs is 6. The molecule has 354 valence electrons. The number of esters is 1. The smallest absolute Gasteiger partial charge is 0.324 e. The number of aryl methyl sites for hydroxylation is 1. The zero-order valence-electron chi connectivity index (χ0n) is 39.6. The number of cyclic esters (lactones) is 1. The summed E-state index contributed by atoms with van der Waals surface area (Å²) in [7, 11) is 3.28. The van der Waals surface area contributed by atoms with Crippen LogP contribution in [0.25, 0.3) is 33.4 Å². The van der Waals surface area contributed by atoms with Gasteiger partial charge in [0.2, 0.25) is 11.8 Å². The van der Waals surface area contributed by atoms with E-state index in [2.05, 4.69) is 66.9 Å². The minimum absolute atomic E-state index is 0.0732. The highest BCUT2D eigenvalue weighted by Gasteiger charge is 2.39. The molecule has 2 fully saturated rings.